The van der Waals surface area contributed by atoms with Crippen molar-refractivity contribution in [3.63, 3.8) is 0 Å². The van der Waals surface area contributed by atoms with Crippen molar-refractivity contribution < 1.29 is 18.9 Å². The highest BCUT2D eigenvalue weighted by atomic mass is 35.5. The van der Waals surface area contributed by atoms with Crippen LogP contribution in [0.15, 0.2) is 24.7 Å². The average Bonchev–Trinajstić information content (AvgIpc) is 2.81. The quantitative estimate of drug-likeness (QED) is 0.618. The Morgan fingerprint density at radius 1 is 1.09 bits per heavy atom. The number of anilines is 3. The fourth-order valence-electron chi connectivity index (χ4n) is 3.86. The van der Waals surface area contributed by atoms with E-state index in [9.17, 15) is 0 Å². The van der Waals surface area contributed by atoms with Crippen LogP contribution in [0.5, 0.6) is 11.5 Å². The van der Waals surface area contributed by atoms with Gasteiger partial charge in [-0.05, 0) is 18.6 Å². The molecule has 4 rings (SSSR count). The largest absolute Gasteiger partial charge is 0.495 e. The highest BCUT2D eigenvalue weighted by Crippen LogP contribution is 2.37. The molecule has 9 nitrogen and oxygen atoms in total. The number of thiocarbonyl (C=S) groups is 1. The van der Waals surface area contributed by atoms with Crippen LogP contribution in [0.1, 0.15) is 19.3 Å². The summed E-state index contributed by atoms with van der Waals surface area (Å²) in [4.78, 5) is 10.8. The first-order valence-corrected chi connectivity index (χ1v) is 11.1. The van der Waals surface area contributed by atoms with E-state index in [0.717, 1.165) is 51.4 Å². The fraction of sp³-hybridized carbons (Fsp3) is 0.476. The molecule has 2 aliphatic heterocycles. The number of benzene rings is 1. The van der Waals surface area contributed by atoms with Crippen LogP contribution in [-0.2, 0) is 9.47 Å². The van der Waals surface area contributed by atoms with Crippen LogP contribution in [0.25, 0.3) is 0 Å². The number of halogens is 1. The van der Waals surface area contributed by atoms with Crippen LogP contribution in [0, 0.1) is 0 Å². The minimum Gasteiger partial charge on any atom is -0.495 e. The van der Waals surface area contributed by atoms with Crippen LogP contribution in [-0.4, -0.2) is 61.4 Å². The van der Waals surface area contributed by atoms with E-state index in [1.807, 2.05) is 0 Å². The third-order valence-electron chi connectivity index (χ3n) is 5.51. The molecule has 3 heterocycles. The second-order valence-corrected chi connectivity index (χ2v) is 8.29. The number of nitrogens with one attached hydrogen (secondary N) is 2. The van der Waals surface area contributed by atoms with Crippen molar-refractivity contribution in [3.8, 4) is 11.5 Å². The average molecular weight is 480 g/mol. The van der Waals surface area contributed by atoms with E-state index in [2.05, 4.69) is 25.5 Å². The van der Waals surface area contributed by atoms with E-state index in [1.165, 1.54) is 6.33 Å². The number of piperidine rings is 1. The number of aromatic nitrogens is 2. The van der Waals surface area contributed by atoms with Gasteiger partial charge in [0.15, 0.2) is 16.7 Å². The lowest BCUT2D eigenvalue weighted by molar-refractivity contribution is -0.275. The molecular formula is C21H26ClN5O4S. The van der Waals surface area contributed by atoms with Gasteiger partial charge < -0.3 is 34.5 Å². The number of hydrogen-bond donors (Lipinski definition) is 2. The Kier molecular flexibility index (Phi) is 7.14. The van der Waals surface area contributed by atoms with E-state index in [4.69, 9.17) is 42.8 Å². The van der Waals surface area contributed by atoms with Gasteiger partial charge in [-0.25, -0.2) is 9.97 Å². The zero-order valence-corrected chi connectivity index (χ0v) is 19.6. The van der Waals surface area contributed by atoms with Crippen LogP contribution >= 0.6 is 23.8 Å². The van der Waals surface area contributed by atoms with Gasteiger partial charge in [0.2, 0.25) is 0 Å². The molecule has 32 heavy (non-hydrogen) atoms. The smallest absolute Gasteiger partial charge is 0.175 e. The predicted octanol–water partition coefficient (Wildman–Crippen LogP) is 3.69. The second-order valence-electron chi connectivity index (χ2n) is 7.47. The predicted molar refractivity (Wildman–Crippen MR) is 127 cm³/mol. The zero-order valence-electron chi connectivity index (χ0n) is 18.0. The lowest BCUT2D eigenvalue weighted by atomic mass is 10.0. The number of rotatable bonds is 5. The summed E-state index contributed by atoms with van der Waals surface area (Å²) in [6, 6.07) is 3.40. The Labute approximate surface area is 197 Å². The van der Waals surface area contributed by atoms with E-state index in [0.29, 0.717) is 33.0 Å². The van der Waals surface area contributed by atoms with Crippen LogP contribution in [0.2, 0.25) is 5.02 Å². The minimum atomic E-state index is -0.462. The SMILES string of the molecule is COc1cc(NC(=S)Nc2cncnc2N2CCC3(CC2)OCCCO3)c(OC)cc1Cl. The minimum absolute atomic E-state index is 0.358. The maximum atomic E-state index is 6.19. The molecule has 0 bridgehead atoms. The van der Waals surface area contributed by atoms with Crippen LogP contribution in [0.3, 0.4) is 0 Å². The number of hydrogen-bond acceptors (Lipinski definition) is 8. The van der Waals surface area contributed by atoms with Crippen LogP contribution < -0.4 is 25.0 Å². The molecule has 2 saturated heterocycles. The molecular weight excluding hydrogens is 454 g/mol. The second kappa shape index (κ2) is 10.0. The Balaban J connectivity index is 1.45. The highest BCUT2D eigenvalue weighted by molar-refractivity contribution is 7.80. The Morgan fingerprint density at radius 3 is 2.47 bits per heavy atom. The van der Waals surface area contributed by atoms with Gasteiger partial charge in [-0.1, -0.05) is 11.6 Å². The van der Waals surface area contributed by atoms with Gasteiger partial charge in [0.25, 0.3) is 0 Å². The molecule has 1 aromatic heterocycles. The fourth-order valence-corrected chi connectivity index (χ4v) is 4.31. The summed E-state index contributed by atoms with van der Waals surface area (Å²) in [6.07, 6.45) is 5.73. The molecule has 0 saturated carbocycles. The molecule has 0 radical (unpaired) electrons. The van der Waals surface area contributed by atoms with Crippen molar-refractivity contribution in [1.82, 2.24) is 9.97 Å². The molecule has 2 aromatic rings. The van der Waals surface area contributed by atoms with Crippen molar-refractivity contribution in [2.75, 3.05) is 56.1 Å². The van der Waals surface area contributed by atoms with E-state index in [-0.39, 0.29) is 0 Å². The summed E-state index contributed by atoms with van der Waals surface area (Å²) in [7, 11) is 3.11. The Bertz CT molecular complexity index is 963. The normalized spacial score (nSPS) is 17.7. The molecule has 172 valence electrons. The van der Waals surface area contributed by atoms with Gasteiger partial charge in [-0.3, -0.25) is 0 Å². The third-order valence-corrected chi connectivity index (χ3v) is 6.00. The van der Waals surface area contributed by atoms with E-state index in [1.54, 1.807) is 32.5 Å². The molecule has 0 atom stereocenters. The first-order chi connectivity index (χ1) is 15.5. The maximum absolute atomic E-state index is 6.19. The molecule has 1 spiro atoms. The Hall–Kier alpha value is -2.40. The number of ether oxygens (including phenoxy) is 4. The highest BCUT2D eigenvalue weighted by Gasteiger charge is 2.39. The zero-order chi connectivity index (χ0) is 22.6. The summed E-state index contributed by atoms with van der Waals surface area (Å²) < 4.78 is 22.6. The van der Waals surface area contributed by atoms with E-state index < -0.39 is 5.79 Å². The molecule has 2 N–H and O–H groups in total. The van der Waals surface area contributed by atoms with E-state index >= 15 is 0 Å². The van der Waals surface area contributed by atoms with Gasteiger partial charge in [0.1, 0.15) is 23.5 Å². The summed E-state index contributed by atoms with van der Waals surface area (Å²) in [6.45, 7) is 3.01. The molecule has 0 aliphatic carbocycles. The third kappa shape index (κ3) is 4.98. The van der Waals surface area contributed by atoms with Crippen molar-refractivity contribution >= 4 is 46.1 Å². The van der Waals surface area contributed by atoms with Crippen molar-refractivity contribution in [2.24, 2.45) is 0 Å². The van der Waals surface area contributed by atoms with Crippen molar-refractivity contribution in [2.45, 2.75) is 25.0 Å². The van der Waals surface area contributed by atoms with Gasteiger partial charge in [-0.2, -0.15) is 0 Å². The summed E-state index contributed by atoms with van der Waals surface area (Å²) >= 11 is 11.7. The topological polar surface area (TPSA) is 90.0 Å². The standard InChI is InChI=1S/C21H26ClN5O4S/c1-28-17-11-15(18(29-2)10-14(17)22)25-20(32)26-16-12-23-13-24-19(16)27-6-4-21(5-7-27)30-8-3-9-31-21/h10-13H,3-9H2,1-2H3,(H2,25,26,32). The number of methoxy groups -OCH3 is 2. The Morgan fingerprint density at radius 2 is 1.78 bits per heavy atom. The van der Waals surface area contributed by atoms with Gasteiger partial charge in [-0.15, -0.1) is 0 Å². The van der Waals surface area contributed by atoms with Gasteiger partial charge >= 0.3 is 0 Å². The number of nitrogens with zero attached hydrogens (tertiary/aromatic N) is 3. The lowest BCUT2D eigenvalue weighted by Gasteiger charge is -2.43. The first-order valence-electron chi connectivity index (χ1n) is 10.4. The monoisotopic (exact) mass is 479 g/mol. The molecule has 2 aliphatic rings. The molecule has 2 fully saturated rings. The van der Waals surface area contributed by atoms with Gasteiger partial charge in [0.05, 0.1) is 44.3 Å². The van der Waals surface area contributed by atoms with Crippen molar-refractivity contribution in [3.05, 3.63) is 29.7 Å². The summed E-state index contributed by atoms with van der Waals surface area (Å²) in [5.74, 6) is 1.36. The lowest BCUT2D eigenvalue weighted by Crippen LogP contribution is -2.50. The molecule has 1 aromatic carbocycles. The van der Waals surface area contributed by atoms with Crippen molar-refractivity contribution in [1.29, 1.82) is 0 Å². The first kappa shape index (κ1) is 22.8. The molecule has 11 heteroatoms. The summed E-state index contributed by atoms with van der Waals surface area (Å²) in [5.41, 5.74) is 1.32. The maximum Gasteiger partial charge on any atom is 0.175 e. The molecule has 0 amide bonds. The van der Waals surface area contributed by atoms with Crippen LogP contribution in [0.4, 0.5) is 17.2 Å². The summed E-state index contributed by atoms with van der Waals surface area (Å²) in [5, 5.41) is 7.13. The molecule has 0 unspecified atom stereocenters. The van der Waals surface area contributed by atoms with Gasteiger partial charge in [0, 0.05) is 38.1 Å².